The fourth-order valence-corrected chi connectivity index (χ4v) is 6.32. The Kier molecular flexibility index (Phi) is 4.15. The summed E-state index contributed by atoms with van der Waals surface area (Å²) in [5.74, 6) is 0.507. The van der Waals surface area contributed by atoms with E-state index in [0.717, 1.165) is 67.5 Å². The second-order valence-corrected chi connectivity index (χ2v) is 9.89. The molecule has 1 atom stereocenters. The lowest BCUT2D eigenvalue weighted by Gasteiger charge is -2.50. The van der Waals surface area contributed by atoms with Crippen molar-refractivity contribution in [2.75, 3.05) is 19.6 Å². The van der Waals surface area contributed by atoms with Crippen LogP contribution in [0.3, 0.4) is 0 Å². The molecule has 0 spiro atoms. The van der Waals surface area contributed by atoms with Crippen molar-refractivity contribution < 1.29 is 9.90 Å². The Bertz CT molecular complexity index is 1100. The van der Waals surface area contributed by atoms with Crippen LogP contribution in [0.25, 0.3) is 21.3 Å². The fraction of sp³-hybridized carbons (Fsp3) is 0.417. The molecule has 4 aliphatic rings. The molecule has 1 saturated carbocycles. The molecule has 2 bridgehead atoms. The number of amides is 1. The number of piperidine rings is 3. The average molecular weight is 420 g/mol. The molecule has 2 aromatic carbocycles. The van der Waals surface area contributed by atoms with Crippen LogP contribution < -0.4 is 0 Å². The predicted octanol–water partition coefficient (Wildman–Crippen LogP) is 5.03. The summed E-state index contributed by atoms with van der Waals surface area (Å²) in [4.78, 5) is 21.1. The molecule has 4 heterocycles. The molecule has 7 rings (SSSR count). The van der Waals surface area contributed by atoms with E-state index >= 15 is 0 Å². The van der Waals surface area contributed by atoms with E-state index in [1.807, 2.05) is 10.4 Å². The van der Waals surface area contributed by atoms with Gasteiger partial charge in [-0.2, -0.15) is 0 Å². The van der Waals surface area contributed by atoms with Crippen LogP contribution in [0.4, 0.5) is 4.79 Å². The molecular formula is C24H25N3O2S. The van der Waals surface area contributed by atoms with Gasteiger partial charge in [0.15, 0.2) is 0 Å². The molecule has 4 fully saturated rings. The Balaban J connectivity index is 1.31. The molecule has 0 radical (unpaired) electrons. The molecule has 1 amide bonds. The first-order valence-corrected chi connectivity index (χ1v) is 11.7. The number of nitrogens with zero attached hydrogens (tertiary/aromatic N) is 3. The number of thiazole rings is 1. The maximum absolute atomic E-state index is 12.4. The van der Waals surface area contributed by atoms with Gasteiger partial charge < -0.3 is 10.0 Å². The lowest BCUT2D eigenvalue weighted by Crippen LogP contribution is -2.61. The molecule has 30 heavy (non-hydrogen) atoms. The second-order valence-electron chi connectivity index (χ2n) is 9.00. The first kappa shape index (κ1) is 18.3. The van der Waals surface area contributed by atoms with Gasteiger partial charge in [0, 0.05) is 6.54 Å². The molecule has 6 heteroatoms. The van der Waals surface area contributed by atoms with E-state index in [0.29, 0.717) is 5.92 Å². The lowest BCUT2D eigenvalue weighted by atomic mass is 9.82. The summed E-state index contributed by atoms with van der Waals surface area (Å²) in [6, 6.07) is 15.1. The number of hydrogen-bond acceptors (Lipinski definition) is 4. The van der Waals surface area contributed by atoms with Gasteiger partial charge in [0.05, 0.1) is 27.3 Å². The number of aromatic nitrogens is 1. The summed E-state index contributed by atoms with van der Waals surface area (Å²) in [6.45, 7) is 3.14. The van der Waals surface area contributed by atoms with E-state index in [1.54, 1.807) is 11.3 Å². The first-order valence-electron chi connectivity index (χ1n) is 10.8. The SMILES string of the molecule is O=C(O)N(C1CN2CCC1CC2)C1(c2ccc(-c3ccc4scnc4c3)cc2)CC1. The predicted molar refractivity (Wildman–Crippen MR) is 119 cm³/mol. The van der Waals surface area contributed by atoms with Gasteiger partial charge in [0.25, 0.3) is 0 Å². The summed E-state index contributed by atoms with van der Waals surface area (Å²) >= 11 is 1.65. The van der Waals surface area contributed by atoms with Gasteiger partial charge in [0.2, 0.25) is 0 Å². The maximum atomic E-state index is 12.4. The smallest absolute Gasteiger partial charge is 0.408 e. The third-order valence-electron chi connectivity index (χ3n) is 7.43. The van der Waals surface area contributed by atoms with Crippen LogP contribution in [0.15, 0.2) is 48.0 Å². The molecule has 1 N–H and O–H groups in total. The number of fused-ring (bicyclic) bond motifs is 4. The lowest BCUT2D eigenvalue weighted by molar-refractivity contribution is -0.0131. The van der Waals surface area contributed by atoms with Crippen molar-refractivity contribution in [3.63, 3.8) is 0 Å². The van der Waals surface area contributed by atoms with Gasteiger partial charge >= 0.3 is 6.09 Å². The highest BCUT2D eigenvalue weighted by Gasteiger charge is 2.56. The number of carbonyl (C=O) groups is 1. The van der Waals surface area contributed by atoms with Gasteiger partial charge in [-0.15, -0.1) is 11.3 Å². The molecule has 3 aliphatic heterocycles. The van der Waals surface area contributed by atoms with Crippen molar-refractivity contribution in [1.29, 1.82) is 0 Å². The Hall–Kier alpha value is -2.44. The third kappa shape index (κ3) is 2.85. The minimum Gasteiger partial charge on any atom is -0.465 e. The number of hydrogen-bond donors (Lipinski definition) is 1. The van der Waals surface area contributed by atoms with E-state index in [9.17, 15) is 9.90 Å². The summed E-state index contributed by atoms with van der Waals surface area (Å²) in [5, 5.41) is 10.2. The van der Waals surface area contributed by atoms with Crippen LogP contribution in [0.1, 0.15) is 31.2 Å². The normalized spacial score (nSPS) is 26.6. The highest BCUT2D eigenvalue weighted by atomic mass is 32.1. The van der Waals surface area contributed by atoms with Gasteiger partial charge in [0.1, 0.15) is 0 Å². The van der Waals surface area contributed by atoms with Crippen molar-refractivity contribution in [3.05, 3.63) is 53.5 Å². The van der Waals surface area contributed by atoms with E-state index in [2.05, 4.69) is 52.3 Å². The van der Waals surface area contributed by atoms with Crippen molar-refractivity contribution in [1.82, 2.24) is 14.8 Å². The number of benzene rings is 2. The maximum Gasteiger partial charge on any atom is 0.408 e. The van der Waals surface area contributed by atoms with Crippen LogP contribution in [0.2, 0.25) is 0 Å². The molecule has 5 nitrogen and oxygen atoms in total. The Morgan fingerprint density at radius 1 is 1.10 bits per heavy atom. The molecule has 1 aromatic heterocycles. The van der Waals surface area contributed by atoms with Crippen LogP contribution in [-0.4, -0.2) is 51.7 Å². The van der Waals surface area contributed by atoms with E-state index < -0.39 is 6.09 Å². The second kappa shape index (κ2) is 6.79. The quantitative estimate of drug-likeness (QED) is 0.645. The fourth-order valence-electron chi connectivity index (χ4n) is 5.67. The first-order chi connectivity index (χ1) is 14.6. The summed E-state index contributed by atoms with van der Waals surface area (Å²) in [5.41, 5.74) is 6.00. The van der Waals surface area contributed by atoms with Gasteiger partial charge in [-0.1, -0.05) is 30.3 Å². The Labute approximate surface area is 180 Å². The highest BCUT2D eigenvalue weighted by molar-refractivity contribution is 7.16. The summed E-state index contributed by atoms with van der Waals surface area (Å²) in [6.07, 6.45) is 3.34. The number of rotatable bonds is 4. The average Bonchev–Trinajstić information content (AvgIpc) is 3.42. The zero-order valence-corrected chi connectivity index (χ0v) is 17.6. The van der Waals surface area contributed by atoms with Crippen molar-refractivity contribution >= 4 is 27.6 Å². The van der Waals surface area contributed by atoms with Gasteiger partial charge in [-0.25, -0.2) is 9.78 Å². The minimum absolute atomic E-state index is 0.124. The highest BCUT2D eigenvalue weighted by Crippen LogP contribution is 2.54. The Morgan fingerprint density at radius 2 is 1.83 bits per heavy atom. The minimum atomic E-state index is -0.760. The standard InChI is InChI=1S/C24H25N3O2S/c28-23(29)27(21-14-26-11-7-17(21)8-12-26)24(9-10-24)19-4-1-16(2-5-19)18-3-6-22-20(13-18)25-15-30-22/h1-6,13,15,17,21H,7-12,14H2,(H,28,29). The van der Waals surface area contributed by atoms with E-state index in [4.69, 9.17) is 0 Å². The molecule has 3 saturated heterocycles. The van der Waals surface area contributed by atoms with E-state index in [1.165, 1.54) is 4.70 Å². The van der Waals surface area contributed by atoms with Crippen LogP contribution in [0, 0.1) is 5.92 Å². The van der Waals surface area contributed by atoms with Crippen molar-refractivity contribution in [2.24, 2.45) is 5.92 Å². The van der Waals surface area contributed by atoms with Crippen molar-refractivity contribution in [3.8, 4) is 11.1 Å². The molecule has 154 valence electrons. The van der Waals surface area contributed by atoms with Crippen LogP contribution in [-0.2, 0) is 5.54 Å². The molecular weight excluding hydrogens is 394 g/mol. The Morgan fingerprint density at radius 3 is 2.47 bits per heavy atom. The largest absolute Gasteiger partial charge is 0.465 e. The van der Waals surface area contributed by atoms with E-state index in [-0.39, 0.29) is 11.6 Å². The van der Waals surface area contributed by atoms with Crippen molar-refractivity contribution in [2.45, 2.75) is 37.3 Å². The zero-order chi connectivity index (χ0) is 20.3. The number of carboxylic acid groups (broad SMARTS) is 1. The third-order valence-corrected chi connectivity index (χ3v) is 8.24. The van der Waals surface area contributed by atoms with Crippen LogP contribution >= 0.6 is 11.3 Å². The molecule has 3 aromatic rings. The van der Waals surface area contributed by atoms with Gasteiger partial charge in [-0.05, 0) is 73.5 Å². The zero-order valence-electron chi connectivity index (χ0n) is 16.8. The topological polar surface area (TPSA) is 56.7 Å². The molecule has 1 unspecified atom stereocenters. The molecule has 1 aliphatic carbocycles. The monoisotopic (exact) mass is 419 g/mol. The van der Waals surface area contributed by atoms with Crippen LogP contribution in [0.5, 0.6) is 0 Å². The summed E-state index contributed by atoms with van der Waals surface area (Å²) in [7, 11) is 0. The van der Waals surface area contributed by atoms with Gasteiger partial charge in [-0.3, -0.25) is 4.90 Å². The summed E-state index contributed by atoms with van der Waals surface area (Å²) < 4.78 is 1.20.